The summed E-state index contributed by atoms with van der Waals surface area (Å²) in [6.07, 6.45) is 0.899. The van der Waals surface area contributed by atoms with Gasteiger partial charge in [-0.25, -0.2) is 9.18 Å². The normalized spacial score (nSPS) is 16.9. The molecular weight excluding hydrogens is 349 g/mol. The van der Waals surface area contributed by atoms with Gasteiger partial charge in [-0.05, 0) is 36.2 Å². The van der Waals surface area contributed by atoms with Crippen LogP contribution in [0.5, 0.6) is 11.5 Å². The van der Waals surface area contributed by atoms with E-state index in [4.69, 9.17) is 9.47 Å². The zero-order chi connectivity index (χ0) is 18.6. The van der Waals surface area contributed by atoms with Gasteiger partial charge in [-0.15, -0.1) is 0 Å². The first-order chi connectivity index (χ1) is 13.2. The minimum absolute atomic E-state index is 0.113. The fourth-order valence-electron chi connectivity index (χ4n) is 3.36. The SMILES string of the molecule is O=C(Nc1ccc2c(c1)OCO2)N1CCCN(Cc2ccc(F)cc2)CC1. The molecule has 142 valence electrons. The van der Waals surface area contributed by atoms with Crippen molar-refractivity contribution in [2.75, 3.05) is 38.3 Å². The number of carbonyl (C=O) groups excluding carboxylic acids is 1. The van der Waals surface area contributed by atoms with E-state index in [0.29, 0.717) is 30.3 Å². The number of anilines is 1. The molecule has 27 heavy (non-hydrogen) atoms. The fraction of sp³-hybridized carbons (Fsp3) is 0.350. The maximum atomic E-state index is 13.0. The number of ether oxygens (including phenoxy) is 2. The highest BCUT2D eigenvalue weighted by Gasteiger charge is 2.20. The van der Waals surface area contributed by atoms with Gasteiger partial charge in [0.2, 0.25) is 6.79 Å². The number of amides is 2. The van der Waals surface area contributed by atoms with Crippen molar-refractivity contribution in [3.63, 3.8) is 0 Å². The van der Waals surface area contributed by atoms with Crippen LogP contribution in [0.25, 0.3) is 0 Å². The van der Waals surface area contributed by atoms with Gasteiger partial charge in [0, 0.05) is 44.5 Å². The first-order valence-electron chi connectivity index (χ1n) is 9.10. The van der Waals surface area contributed by atoms with Crippen molar-refractivity contribution in [1.29, 1.82) is 0 Å². The van der Waals surface area contributed by atoms with E-state index >= 15 is 0 Å². The molecule has 2 aromatic carbocycles. The predicted molar refractivity (Wildman–Crippen MR) is 99.5 cm³/mol. The molecule has 0 saturated carbocycles. The fourth-order valence-corrected chi connectivity index (χ4v) is 3.36. The lowest BCUT2D eigenvalue weighted by atomic mass is 10.2. The molecule has 1 fully saturated rings. The molecule has 0 unspecified atom stereocenters. The third-order valence-electron chi connectivity index (χ3n) is 4.82. The van der Waals surface area contributed by atoms with Gasteiger partial charge < -0.3 is 19.7 Å². The van der Waals surface area contributed by atoms with E-state index in [1.54, 1.807) is 12.1 Å². The molecule has 2 aliphatic heterocycles. The molecule has 4 rings (SSSR count). The molecule has 0 atom stereocenters. The maximum absolute atomic E-state index is 13.0. The number of nitrogens with zero attached hydrogens (tertiary/aromatic N) is 2. The van der Waals surface area contributed by atoms with Crippen LogP contribution in [0.4, 0.5) is 14.9 Å². The second-order valence-corrected chi connectivity index (χ2v) is 6.74. The molecule has 2 amide bonds. The van der Waals surface area contributed by atoms with Crippen LogP contribution in [0, 0.1) is 5.82 Å². The van der Waals surface area contributed by atoms with Crippen LogP contribution in [0.1, 0.15) is 12.0 Å². The molecule has 1 saturated heterocycles. The van der Waals surface area contributed by atoms with Crippen LogP contribution < -0.4 is 14.8 Å². The highest BCUT2D eigenvalue weighted by atomic mass is 19.1. The van der Waals surface area contributed by atoms with E-state index in [1.165, 1.54) is 12.1 Å². The summed E-state index contributed by atoms with van der Waals surface area (Å²) in [5, 5.41) is 2.93. The van der Waals surface area contributed by atoms with Crippen LogP contribution in [-0.4, -0.2) is 48.8 Å². The van der Waals surface area contributed by atoms with E-state index < -0.39 is 0 Å². The Balaban J connectivity index is 1.32. The van der Waals surface area contributed by atoms with Gasteiger partial charge in [-0.2, -0.15) is 0 Å². The topological polar surface area (TPSA) is 54.0 Å². The van der Waals surface area contributed by atoms with E-state index in [9.17, 15) is 9.18 Å². The second kappa shape index (κ2) is 7.84. The quantitative estimate of drug-likeness (QED) is 0.900. The number of urea groups is 1. The molecule has 6 nitrogen and oxygen atoms in total. The van der Waals surface area contributed by atoms with Gasteiger partial charge >= 0.3 is 6.03 Å². The molecule has 2 aromatic rings. The van der Waals surface area contributed by atoms with Gasteiger partial charge in [-0.3, -0.25) is 4.90 Å². The zero-order valence-electron chi connectivity index (χ0n) is 15.0. The molecule has 0 aromatic heterocycles. The lowest BCUT2D eigenvalue weighted by Gasteiger charge is -2.22. The lowest BCUT2D eigenvalue weighted by molar-refractivity contribution is 0.174. The van der Waals surface area contributed by atoms with Crippen LogP contribution >= 0.6 is 0 Å². The van der Waals surface area contributed by atoms with Crippen LogP contribution in [0.15, 0.2) is 42.5 Å². The van der Waals surface area contributed by atoms with E-state index in [1.807, 2.05) is 23.1 Å². The Labute approximate surface area is 157 Å². The zero-order valence-corrected chi connectivity index (χ0v) is 15.0. The van der Waals surface area contributed by atoms with Gasteiger partial charge in [0.05, 0.1) is 0 Å². The Morgan fingerprint density at radius 2 is 1.81 bits per heavy atom. The average molecular weight is 371 g/mol. The Hall–Kier alpha value is -2.80. The summed E-state index contributed by atoms with van der Waals surface area (Å²) in [7, 11) is 0. The van der Waals surface area contributed by atoms with Crippen molar-refractivity contribution in [2.45, 2.75) is 13.0 Å². The van der Waals surface area contributed by atoms with Crippen molar-refractivity contribution >= 4 is 11.7 Å². The smallest absolute Gasteiger partial charge is 0.321 e. The molecule has 2 aliphatic rings. The number of carbonyl (C=O) groups is 1. The summed E-state index contributed by atoms with van der Waals surface area (Å²) in [6.45, 7) is 4.02. The van der Waals surface area contributed by atoms with Crippen molar-refractivity contribution in [3.8, 4) is 11.5 Å². The number of halogens is 1. The summed E-state index contributed by atoms with van der Waals surface area (Å²) in [4.78, 5) is 16.7. The molecule has 2 heterocycles. The molecule has 0 bridgehead atoms. The minimum Gasteiger partial charge on any atom is -0.454 e. The van der Waals surface area contributed by atoms with Crippen molar-refractivity contribution in [3.05, 3.63) is 53.8 Å². The largest absolute Gasteiger partial charge is 0.454 e. The molecule has 0 aliphatic carbocycles. The molecule has 0 spiro atoms. The number of rotatable bonds is 3. The predicted octanol–water partition coefficient (Wildman–Crippen LogP) is 3.29. The second-order valence-electron chi connectivity index (χ2n) is 6.74. The van der Waals surface area contributed by atoms with Crippen molar-refractivity contribution in [2.24, 2.45) is 0 Å². The summed E-state index contributed by atoms with van der Waals surface area (Å²) >= 11 is 0. The standard InChI is InChI=1S/C20H22FN3O3/c21-16-4-2-15(3-5-16)13-23-8-1-9-24(11-10-23)20(25)22-17-6-7-18-19(12-17)27-14-26-18/h2-7,12H,1,8-11,13-14H2,(H,22,25). The number of hydrogen-bond acceptors (Lipinski definition) is 4. The van der Waals surface area contributed by atoms with Gasteiger partial charge in [0.1, 0.15) is 5.82 Å². The monoisotopic (exact) mass is 371 g/mol. The Morgan fingerprint density at radius 1 is 1.00 bits per heavy atom. The molecule has 7 heteroatoms. The Bertz CT molecular complexity index is 813. The Kier molecular flexibility index (Phi) is 5.11. The minimum atomic E-state index is -0.221. The number of fused-ring (bicyclic) bond motifs is 1. The number of nitrogens with one attached hydrogen (secondary N) is 1. The first-order valence-corrected chi connectivity index (χ1v) is 9.10. The molecule has 0 radical (unpaired) electrons. The van der Waals surface area contributed by atoms with Crippen LogP contribution in [0.2, 0.25) is 0 Å². The third kappa shape index (κ3) is 4.31. The van der Waals surface area contributed by atoms with Crippen LogP contribution in [0.3, 0.4) is 0 Å². The molecule has 1 N–H and O–H groups in total. The summed E-state index contributed by atoms with van der Waals surface area (Å²) < 4.78 is 23.7. The summed E-state index contributed by atoms with van der Waals surface area (Å²) in [5.74, 6) is 1.12. The Morgan fingerprint density at radius 3 is 2.67 bits per heavy atom. The van der Waals surface area contributed by atoms with E-state index in [2.05, 4.69) is 10.2 Å². The van der Waals surface area contributed by atoms with Crippen molar-refractivity contribution in [1.82, 2.24) is 9.80 Å². The summed E-state index contributed by atoms with van der Waals surface area (Å²) in [5.41, 5.74) is 1.77. The first kappa shape index (κ1) is 17.6. The summed E-state index contributed by atoms with van der Waals surface area (Å²) in [6, 6.07) is 11.9. The average Bonchev–Trinajstić information content (AvgIpc) is 3.01. The third-order valence-corrected chi connectivity index (χ3v) is 4.82. The van der Waals surface area contributed by atoms with Gasteiger partial charge in [-0.1, -0.05) is 12.1 Å². The highest BCUT2D eigenvalue weighted by molar-refractivity contribution is 5.89. The molecular formula is C20H22FN3O3. The van der Waals surface area contributed by atoms with E-state index in [-0.39, 0.29) is 18.6 Å². The van der Waals surface area contributed by atoms with Gasteiger partial charge in [0.25, 0.3) is 0 Å². The maximum Gasteiger partial charge on any atom is 0.321 e. The number of benzene rings is 2. The van der Waals surface area contributed by atoms with Crippen LogP contribution in [-0.2, 0) is 6.54 Å². The highest BCUT2D eigenvalue weighted by Crippen LogP contribution is 2.34. The van der Waals surface area contributed by atoms with Gasteiger partial charge in [0.15, 0.2) is 11.5 Å². The van der Waals surface area contributed by atoms with E-state index in [0.717, 1.165) is 31.6 Å². The van der Waals surface area contributed by atoms with Crippen molar-refractivity contribution < 1.29 is 18.7 Å². The number of hydrogen-bond donors (Lipinski definition) is 1. The lowest BCUT2D eigenvalue weighted by Crippen LogP contribution is -2.38.